The number of likely N-dealkylation sites (N-methyl/N-ethyl adjacent to an activating group) is 1. The van der Waals surface area contributed by atoms with Crippen LogP contribution in [0.1, 0.15) is 123 Å². The average Bonchev–Trinajstić information content (AvgIpc) is 2.94. The van der Waals surface area contributed by atoms with E-state index in [1.54, 1.807) is 0 Å². The zero-order valence-electron chi connectivity index (χ0n) is 26.8. The Morgan fingerprint density at radius 3 is 1.95 bits per heavy atom. The van der Waals surface area contributed by atoms with Gasteiger partial charge >= 0.3 is 7.82 Å². The molecule has 238 valence electrons. The summed E-state index contributed by atoms with van der Waals surface area (Å²) in [5, 5.41) is 0. The number of Topliss-reactive ketones (excluding diaryl/α,β-unsaturated/α-hetero) is 1. The summed E-state index contributed by atoms with van der Waals surface area (Å²) >= 11 is 0. The van der Waals surface area contributed by atoms with Gasteiger partial charge in [-0.15, -0.1) is 0 Å². The second kappa shape index (κ2) is 23.2. The van der Waals surface area contributed by atoms with Gasteiger partial charge in [0.1, 0.15) is 11.5 Å². The predicted molar refractivity (Wildman–Crippen MR) is 170 cm³/mol. The number of phosphoric ester groups is 1. The molecule has 7 nitrogen and oxygen atoms in total. The minimum Gasteiger partial charge on any atom is -0.494 e. The van der Waals surface area contributed by atoms with E-state index in [0.29, 0.717) is 32.2 Å². The molecule has 0 bridgehead atoms. The molecule has 0 saturated heterocycles. The first-order valence-corrected chi connectivity index (χ1v) is 17.7. The molecule has 0 spiro atoms. The van der Waals surface area contributed by atoms with Crippen LogP contribution in [-0.4, -0.2) is 55.5 Å². The van der Waals surface area contributed by atoms with E-state index in [2.05, 4.69) is 6.92 Å². The first-order valence-electron chi connectivity index (χ1n) is 16.2. The van der Waals surface area contributed by atoms with Crippen molar-refractivity contribution in [2.75, 3.05) is 33.9 Å². The molecule has 0 heterocycles. The SMILES string of the molecule is CCCCCCCCCCCCCCOc1ccc(CC(COP(=O)(O)OC(CC)CN(C)C)CC(=O)CC)cc1. The van der Waals surface area contributed by atoms with E-state index in [4.69, 9.17) is 13.8 Å². The number of benzene rings is 1. The Morgan fingerprint density at radius 2 is 1.44 bits per heavy atom. The van der Waals surface area contributed by atoms with Crippen LogP contribution in [0, 0.1) is 5.92 Å². The fraction of sp³-hybridized carbons (Fsp3) is 0.788. The molecular formula is C33H60NO6P. The summed E-state index contributed by atoms with van der Waals surface area (Å²) < 4.78 is 29.3. The Bertz CT molecular complexity index is 832. The molecule has 3 atom stereocenters. The van der Waals surface area contributed by atoms with Gasteiger partial charge in [-0.3, -0.25) is 13.8 Å². The summed E-state index contributed by atoms with van der Waals surface area (Å²) in [7, 11) is -0.459. The maximum absolute atomic E-state index is 12.6. The number of carbonyl (C=O) groups excluding carboxylic acids is 1. The lowest BCUT2D eigenvalue weighted by Gasteiger charge is -2.24. The van der Waals surface area contributed by atoms with E-state index < -0.39 is 13.9 Å². The Hall–Kier alpha value is -1.24. The minimum atomic E-state index is -4.23. The lowest BCUT2D eigenvalue weighted by Crippen LogP contribution is -2.27. The maximum atomic E-state index is 12.6. The number of rotatable bonds is 27. The van der Waals surface area contributed by atoms with Crippen LogP contribution in [0.3, 0.4) is 0 Å². The maximum Gasteiger partial charge on any atom is 0.472 e. The second-order valence-electron chi connectivity index (χ2n) is 11.7. The van der Waals surface area contributed by atoms with Crippen LogP contribution >= 0.6 is 7.82 Å². The topological polar surface area (TPSA) is 85.3 Å². The van der Waals surface area contributed by atoms with Crippen molar-refractivity contribution in [3.63, 3.8) is 0 Å². The highest BCUT2D eigenvalue weighted by molar-refractivity contribution is 7.47. The molecule has 1 aromatic carbocycles. The van der Waals surface area contributed by atoms with Gasteiger partial charge in [0.05, 0.1) is 19.3 Å². The van der Waals surface area contributed by atoms with Gasteiger partial charge in [0.25, 0.3) is 0 Å². The van der Waals surface area contributed by atoms with E-state index in [0.717, 1.165) is 24.3 Å². The molecule has 0 saturated carbocycles. The molecule has 0 aliphatic heterocycles. The minimum absolute atomic E-state index is 0.0187. The van der Waals surface area contributed by atoms with Crippen molar-refractivity contribution >= 4 is 13.6 Å². The number of ketones is 1. The summed E-state index contributed by atoms with van der Waals surface area (Å²) in [6.45, 7) is 7.22. The van der Waals surface area contributed by atoms with Crippen molar-refractivity contribution in [1.82, 2.24) is 4.90 Å². The van der Waals surface area contributed by atoms with Crippen LogP contribution in [0.2, 0.25) is 0 Å². The lowest BCUT2D eigenvalue weighted by atomic mass is 9.94. The average molecular weight is 598 g/mol. The molecule has 3 unspecified atom stereocenters. The fourth-order valence-electron chi connectivity index (χ4n) is 4.91. The molecular weight excluding hydrogens is 537 g/mol. The Kier molecular flexibility index (Phi) is 21.4. The third-order valence-electron chi connectivity index (χ3n) is 7.40. The number of carbonyl (C=O) groups is 1. The zero-order chi connectivity index (χ0) is 30.3. The molecule has 41 heavy (non-hydrogen) atoms. The number of ether oxygens (including phenoxy) is 1. The van der Waals surface area contributed by atoms with E-state index in [9.17, 15) is 14.3 Å². The molecule has 1 rings (SSSR count). The van der Waals surface area contributed by atoms with Crippen molar-refractivity contribution in [3.8, 4) is 5.75 Å². The van der Waals surface area contributed by atoms with Gasteiger partial charge < -0.3 is 14.5 Å². The van der Waals surface area contributed by atoms with Crippen LogP contribution < -0.4 is 4.74 Å². The van der Waals surface area contributed by atoms with Crippen LogP contribution in [-0.2, 0) is 24.8 Å². The summed E-state index contributed by atoms with van der Waals surface area (Å²) in [5.74, 6) is 0.732. The van der Waals surface area contributed by atoms with Crippen LogP contribution in [0.5, 0.6) is 5.75 Å². The first-order chi connectivity index (χ1) is 19.7. The number of nitrogens with zero attached hydrogens (tertiary/aromatic N) is 1. The fourth-order valence-corrected chi connectivity index (χ4v) is 5.96. The molecule has 8 heteroatoms. The summed E-state index contributed by atoms with van der Waals surface area (Å²) in [4.78, 5) is 24.4. The summed E-state index contributed by atoms with van der Waals surface area (Å²) in [5.41, 5.74) is 1.04. The van der Waals surface area contributed by atoms with Gasteiger partial charge in [-0.2, -0.15) is 0 Å². The van der Waals surface area contributed by atoms with Gasteiger partial charge in [-0.1, -0.05) is 104 Å². The van der Waals surface area contributed by atoms with Gasteiger partial charge in [0.2, 0.25) is 0 Å². The van der Waals surface area contributed by atoms with Crippen LogP contribution in [0.15, 0.2) is 24.3 Å². The van der Waals surface area contributed by atoms with Crippen LogP contribution in [0.25, 0.3) is 0 Å². The zero-order valence-corrected chi connectivity index (χ0v) is 27.7. The van der Waals surface area contributed by atoms with Crippen LogP contribution in [0.4, 0.5) is 0 Å². The van der Waals surface area contributed by atoms with Gasteiger partial charge in [-0.05, 0) is 57.0 Å². The van der Waals surface area contributed by atoms with Crippen molar-refractivity contribution < 1.29 is 28.0 Å². The van der Waals surface area contributed by atoms with Crippen molar-refractivity contribution in [2.24, 2.45) is 5.92 Å². The predicted octanol–water partition coefficient (Wildman–Crippen LogP) is 8.77. The van der Waals surface area contributed by atoms with E-state index in [1.807, 2.05) is 57.1 Å². The molecule has 0 aliphatic rings. The highest BCUT2D eigenvalue weighted by atomic mass is 31.2. The largest absolute Gasteiger partial charge is 0.494 e. The summed E-state index contributed by atoms with van der Waals surface area (Å²) in [6, 6.07) is 7.92. The lowest BCUT2D eigenvalue weighted by molar-refractivity contribution is -0.120. The molecule has 1 N–H and O–H groups in total. The molecule has 0 radical (unpaired) electrons. The standard InChI is InChI=1S/C33H60NO6P/c1-6-9-10-11-12-13-14-15-16-17-18-19-24-38-33-22-20-29(21-23-33)25-30(26-31(35)7-2)28-39-41(36,37)40-32(8-3)27-34(4)5/h20-23,30,32H,6-19,24-28H2,1-5H3,(H,36,37). The van der Waals surface area contributed by atoms with Gasteiger partial charge in [0.15, 0.2) is 0 Å². The molecule has 0 aromatic heterocycles. The molecule has 1 aromatic rings. The van der Waals surface area contributed by atoms with Gasteiger partial charge in [-0.25, -0.2) is 4.57 Å². The smallest absolute Gasteiger partial charge is 0.472 e. The van der Waals surface area contributed by atoms with Crippen molar-refractivity contribution in [1.29, 1.82) is 0 Å². The third-order valence-corrected chi connectivity index (χ3v) is 8.44. The highest BCUT2D eigenvalue weighted by Crippen LogP contribution is 2.45. The Balaban J connectivity index is 2.38. The number of hydrogen-bond acceptors (Lipinski definition) is 6. The highest BCUT2D eigenvalue weighted by Gasteiger charge is 2.28. The first kappa shape index (κ1) is 37.8. The van der Waals surface area contributed by atoms with E-state index >= 15 is 0 Å². The number of hydrogen-bond donors (Lipinski definition) is 1. The molecule has 0 amide bonds. The number of unbranched alkanes of at least 4 members (excludes halogenated alkanes) is 11. The van der Waals surface area contributed by atoms with Crippen molar-refractivity contribution in [2.45, 2.75) is 130 Å². The van der Waals surface area contributed by atoms with E-state index in [-0.39, 0.29) is 18.3 Å². The van der Waals surface area contributed by atoms with Gasteiger partial charge in [0, 0.05) is 19.4 Å². The number of phosphoric acid groups is 1. The molecule has 0 fully saturated rings. The van der Waals surface area contributed by atoms with Crippen molar-refractivity contribution in [3.05, 3.63) is 29.8 Å². The van der Waals surface area contributed by atoms with E-state index in [1.165, 1.54) is 70.6 Å². The monoisotopic (exact) mass is 597 g/mol. The third kappa shape index (κ3) is 20.3. The second-order valence-corrected chi connectivity index (χ2v) is 13.1. The Labute approximate surface area is 251 Å². The quantitative estimate of drug-likeness (QED) is 0.0801. The molecule has 0 aliphatic carbocycles. The summed E-state index contributed by atoms with van der Waals surface area (Å²) in [6.07, 6.45) is 17.4. The Morgan fingerprint density at radius 1 is 0.878 bits per heavy atom. The normalized spacial score (nSPS) is 14.6.